The summed E-state index contributed by atoms with van der Waals surface area (Å²) in [5, 5.41) is 0. The first kappa shape index (κ1) is 31.7. The van der Waals surface area contributed by atoms with E-state index < -0.39 is 16.3 Å². The molecule has 0 bridgehead atoms. The monoisotopic (exact) mass is 424 g/mol. The number of quaternary nitrogens is 1. The molecule has 8 heteroatoms. The van der Waals surface area contributed by atoms with Gasteiger partial charge in [-0.25, -0.2) is 8.42 Å². The highest BCUT2D eigenvalue weighted by atomic mass is 32.3. The SMILES string of the molecule is C=C(C)C(N)=O.CCCCCCCCCCOS(=O)(=O)[O-].CCC[N+](C)(C)C. The molecule has 1 amide bonds. The van der Waals surface area contributed by atoms with E-state index in [1.54, 1.807) is 6.92 Å². The Balaban J connectivity index is -0.000000397. The molecule has 0 aliphatic heterocycles. The molecule has 28 heavy (non-hydrogen) atoms. The van der Waals surface area contributed by atoms with Crippen LogP contribution in [0, 0.1) is 0 Å². The average molecular weight is 425 g/mol. The lowest BCUT2D eigenvalue weighted by Crippen LogP contribution is -2.34. The summed E-state index contributed by atoms with van der Waals surface area (Å²) < 4.78 is 35.4. The van der Waals surface area contributed by atoms with Crippen molar-refractivity contribution in [3.63, 3.8) is 0 Å². The topological polar surface area (TPSA) is 110 Å². The standard InChI is InChI=1S/C10H22O4S.C6H16N.C4H7NO/c1-2-3-4-5-6-7-8-9-10-14-15(11,12)13;1-5-6-7(2,3)4;1-3(2)4(5)6/h2-10H2,1H3,(H,11,12,13);5-6H2,1-4H3;1H2,2H3,(H2,5,6)/q;+1;/p-1. The van der Waals surface area contributed by atoms with Gasteiger partial charge >= 0.3 is 0 Å². The molecule has 0 fully saturated rings. The smallest absolute Gasteiger partial charge is 0.243 e. The van der Waals surface area contributed by atoms with Gasteiger partial charge in [-0.05, 0) is 19.8 Å². The highest BCUT2D eigenvalue weighted by Gasteiger charge is 2.01. The Labute approximate surface area is 173 Å². The third-order valence-corrected chi connectivity index (χ3v) is 4.00. The predicted octanol–water partition coefficient (Wildman–Crippen LogP) is 3.75. The van der Waals surface area contributed by atoms with E-state index in [0.717, 1.165) is 17.3 Å². The minimum atomic E-state index is -4.48. The fourth-order valence-electron chi connectivity index (χ4n) is 2.07. The molecule has 170 valence electrons. The van der Waals surface area contributed by atoms with Gasteiger partial charge in [0.2, 0.25) is 16.3 Å². The van der Waals surface area contributed by atoms with Crippen LogP contribution in [0.5, 0.6) is 0 Å². The predicted molar refractivity (Wildman–Crippen MR) is 115 cm³/mol. The molecule has 0 aromatic rings. The molecule has 0 atom stereocenters. The van der Waals surface area contributed by atoms with E-state index in [4.69, 9.17) is 5.73 Å². The van der Waals surface area contributed by atoms with Gasteiger partial charge in [0.1, 0.15) is 0 Å². The molecule has 0 spiro atoms. The maximum Gasteiger partial charge on any atom is 0.243 e. The Morgan fingerprint density at radius 2 is 1.36 bits per heavy atom. The number of nitrogens with two attached hydrogens (primary N) is 1. The summed E-state index contributed by atoms with van der Waals surface area (Å²) in [4.78, 5) is 9.82. The van der Waals surface area contributed by atoms with Crippen molar-refractivity contribution in [2.45, 2.75) is 78.6 Å². The molecular weight excluding hydrogens is 380 g/mol. The van der Waals surface area contributed by atoms with Gasteiger partial charge in [-0.1, -0.05) is 65.4 Å². The van der Waals surface area contributed by atoms with Crippen LogP contribution >= 0.6 is 0 Å². The van der Waals surface area contributed by atoms with Gasteiger partial charge in [-0.3, -0.25) is 8.98 Å². The summed E-state index contributed by atoms with van der Waals surface area (Å²) >= 11 is 0. The van der Waals surface area contributed by atoms with Crippen LogP contribution in [0.25, 0.3) is 0 Å². The van der Waals surface area contributed by atoms with Crippen molar-refractivity contribution in [1.29, 1.82) is 0 Å². The molecule has 0 saturated heterocycles. The van der Waals surface area contributed by atoms with Crippen LogP contribution in [0.2, 0.25) is 0 Å². The van der Waals surface area contributed by atoms with Crippen molar-refractivity contribution >= 4 is 16.3 Å². The minimum Gasteiger partial charge on any atom is -0.726 e. The Bertz CT molecular complexity index is 473. The minimum absolute atomic E-state index is 0.0286. The average Bonchev–Trinajstić information content (AvgIpc) is 2.52. The number of rotatable bonds is 13. The Morgan fingerprint density at radius 3 is 1.61 bits per heavy atom. The molecule has 7 nitrogen and oxygen atoms in total. The third-order valence-electron chi connectivity index (χ3n) is 3.54. The number of carbonyl (C=O) groups excluding carboxylic acids is 1. The lowest BCUT2D eigenvalue weighted by atomic mass is 10.1. The molecular formula is C20H44N2O5S. The summed E-state index contributed by atoms with van der Waals surface area (Å²) in [6.45, 7) is 10.6. The highest BCUT2D eigenvalue weighted by Crippen LogP contribution is 2.08. The van der Waals surface area contributed by atoms with E-state index in [0.29, 0.717) is 12.0 Å². The zero-order valence-electron chi connectivity index (χ0n) is 19.0. The van der Waals surface area contributed by atoms with E-state index in [1.165, 1.54) is 45.1 Å². The van der Waals surface area contributed by atoms with Gasteiger partial charge < -0.3 is 14.8 Å². The lowest BCUT2D eigenvalue weighted by Gasteiger charge is -2.22. The summed E-state index contributed by atoms with van der Waals surface area (Å²) in [5.41, 5.74) is 5.09. The number of hydrogen-bond acceptors (Lipinski definition) is 5. The second-order valence-electron chi connectivity index (χ2n) is 7.86. The van der Waals surface area contributed by atoms with Gasteiger partial charge in [0.25, 0.3) is 0 Å². The molecule has 0 heterocycles. The van der Waals surface area contributed by atoms with Gasteiger partial charge in [0.15, 0.2) is 0 Å². The molecule has 0 aliphatic carbocycles. The second kappa shape index (κ2) is 19.4. The number of nitrogens with zero attached hydrogens (tertiary/aromatic N) is 1. The van der Waals surface area contributed by atoms with E-state index in [2.05, 4.69) is 45.8 Å². The van der Waals surface area contributed by atoms with Crippen molar-refractivity contribution in [2.24, 2.45) is 5.73 Å². The van der Waals surface area contributed by atoms with Crippen molar-refractivity contribution in [3.05, 3.63) is 12.2 Å². The number of hydrogen-bond donors (Lipinski definition) is 1. The first-order valence-electron chi connectivity index (χ1n) is 10.1. The Kier molecular flexibility index (Phi) is 21.9. The van der Waals surface area contributed by atoms with Gasteiger partial charge in [0, 0.05) is 5.57 Å². The molecule has 0 saturated carbocycles. The third kappa shape index (κ3) is 39.9. The van der Waals surface area contributed by atoms with Crippen LogP contribution in [0.3, 0.4) is 0 Å². The van der Waals surface area contributed by atoms with E-state index in [-0.39, 0.29) is 6.61 Å². The number of unbranched alkanes of at least 4 members (excludes halogenated alkanes) is 7. The molecule has 0 aromatic carbocycles. The van der Waals surface area contributed by atoms with Crippen molar-refractivity contribution in [3.8, 4) is 0 Å². The highest BCUT2D eigenvalue weighted by molar-refractivity contribution is 7.80. The zero-order valence-corrected chi connectivity index (χ0v) is 19.8. The molecule has 0 aromatic heterocycles. The molecule has 0 unspecified atom stereocenters. The Morgan fingerprint density at radius 1 is 0.964 bits per heavy atom. The molecule has 0 radical (unpaired) electrons. The number of carbonyl (C=O) groups is 1. The maximum absolute atomic E-state index is 10.1. The quantitative estimate of drug-likeness (QED) is 0.159. The summed E-state index contributed by atoms with van der Waals surface area (Å²) in [6.07, 6.45) is 10.2. The van der Waals surface area contributed by atoms with Crippen LogP contribution in [0.1, 0.15) is 78.6 Å². The largest absolute Gasteiger partial charge is 0.726 e. The maximum atomic E-state index is 10.1. The Hall–Kier alpha value is -0.960. The van der Waals surface area contributed by atoms with Crippen LogP contribution < -0.4 is 5.73 Å². The van der Waals surface area contributed by atoms with Gasteiger partial charge in [0.05, 0.1) is 34.3 Å². The summed E-state index contributed by atoms with van der Waals surface area (Å²) in [5.74, 6) is -0.435. The van der Waals surface area contributed by atoms with Gasteiger partial charge in [-0.2, -0.15) is 0 Å². The van der Waals surface area contributed by atoms with Crippen molar-refractivity contribution < 1.29 is 26.4 Å². The first-order chi connectivity index (χ1) is 12.8. The first-order valence-corrected chi connectivity index (χ1v) is 11.5. The summed E-state index contributed by atoms with van der Waals surface area (Å²) in [7, 11) is 2.16. The van der Waals surface area contributed by atoms with Crippen LogP contribution in [-0.2, 0) is 19.4 Å². The van der Waals surface area contributed by atoms with Crippen LogP contribution in [-0.4, -0.2) is 57.7 Å². The van der Waals surface area contributed by atoms with Crippen molar-refractivity contribution in [1.82, 2.24) is 0 Å². The zero-order chi connectivity index (χ0) is 22.6. The van der Waals surface area contributed by atoms with Crippen LogP contribution in [0.15, 0.2) is 12.2 Å². The lowest BCUT2D eigenvalue weighted by molar-refractivity contribution is -0.870. The number of amides is 1. The number of primary amides is 1. The van der Waals surface area contributed by atoms with E-state index in [9.17, 15) is 17.8 Å². The summed E-state index contributed by atoms with van der Waals surface area (Å²) in [6, 6.07) is 0. The normalized spacial score (nSPS) is 11.0. The second-order valence-corrected chi connectivity index (χ2v) is 8.92. The van der Waals surface area contributed by atoms with Crippen LogP contribution in [0.4, 0.5) is 0 Å². The molecule has 2 N–H and O–H groups in total. The fourth-order valence-corrected chi connectivity index (χ4v) is 2.39. The van der Waals surface area contributed by atoms with E-state index >= 15 is 0 Å². The molecule has 0 aliphatic rings. The fraction of sp³-hybridized carbons (Fsp3) is 0.850. The molecule has 0 rings (SSSR count). The van der Waals surface area contributed by atoms with E-state index in [1.807, 2.05) is 0 Å². The van der Waals surface area contributed by atoms with Gasteiger partial charge in [-0.15, -0.1) is 0 Å². The van der Waals surface area contributed by atoms with Crippen molar-refractivity contribution in [2.75, 3.05) is 34.3 Å².